The molecule has 0 bridgehead atoms. The third-order valence-electron chi connectivity index (χ3n) is 7.60. The van der Waals surface area contributed by atoms with Crippen LogP contribution < -0.4 is 20.2 Å². The molecule has 3 aromatic carbocycles. The van der Waals surface area contributed by atoms with Crippen LogP contribution in [-0.2, 0) is 0 Å². The van der Waals surface area contributed by atoms with Gasteiger partial charge in [0, 0.05) is 50.5 Å². The minimum Gasteiger partial charge on any atom is -0.378 e. The third-order valence-corrected chi connectivity index (χ3v) is 8.44. The first-order valence-electron chi connectivity index (χ1n) is 13.5. The summed E-state index contributed by atoms with van der Waals surface area (Å²) in [5.74, 6) is 0. The van der Waals surface area contributed by atoms with E-state index in [-0.39, 0.29) is 6.04 Å². The Labute approximate surface area is 235 Å². The van der Waals surface area contributed by atoms with Crippen molar-refractivity contribution >= 4 is 33.9 Å². The molecule has 6 heteroatoms. The Hall–Kier alpha value is -4.03. The molecule has 1 atom stereocenters. The van der Waals surface area contributed by atoms with E-state index < -0.39 is 0 Å². The summed E-state index contributed by atoms with van der Waals surface area (Å²) >= 11 is 1.70. The standard InChI is InChI=1S/C33H35N5S/c1-36(2)27-17-13-23(14-18-27)21-26-11-8-12-29-31(26)35-38(32(29)25-15-19-28(20-16-25)37(3)4)33-34-30(22-39-33)24-9-6-5-7-10-24/h5-7,9-10,13-22,32,35H,8,11-12H2,1-4H3/b26-21-/t32-/m1/s1. The molecule has 5 nitrogen and oxygen atoms in total. The minimum atomic E-state index is 0.103. The van der Waals surface area contributed by atoms with Gasteiger partial charge in [-0.15, -0.1) is 11.3 Å². The van der Waals surface area contributed by atoms with Gasteiger partial charge < -0.3 is 9.80 Å². The Morgan fingerprint density at radius 3 is 2.18 bits per heavy atom. The Kier molecular flexibility index (Phi) is 6.88. The van der Waals surface area contributed by atoms with E-state index in [0.29, 0.717) is 0 Å². The van der Waals surface area contributed by atoms with Crippen molar-refractivity contribution in [1.82, 2.24) is 10.4 Å². The van der Waals surface area contributed by atoms with Gasteiger partial charge in [-0.3, -0.25) is 5.43 Å². The second-order valence-corrected chi connectivity index (χ2v) is 11.5. The molecule has 1 aliphatic carbocycles. The minimum absolute atomic E-state index is 0.103. The topological polar surface area (TPSA) is 34.6 Å². The predicted octanol–water partition coefficient (Wildman–Crippen LogP) is 7.53. The summed E-state index contributed by atoms with van der Waals surface area (Å²) in [5, 5.41) is 5.44. The van der Waals surface area contributed by atoms with Gasteiger partial charge in [-0.2, -0.15) is 0 Å². The summed E-state index contributed by atoms with van der Waals surface area (Å²) in [6.45, 7) is 0. The predicted molar refractivity (Wildman–Crippen MR) is 166 cm³/mol. The number of benzene rings is 3. The summed E-state index contributed by atoms with van der Waals surface area (Å²) in [5.41, 5.74) is 15.0. The number of rotatable bonds is 6. The molecule has 0 saturated heterocycles. The molecular formula is C33H35N5S. The van der Waals surface area contributed by atoms with E-state index in [9.17, 15) is 0 Å². The van der Waals surface area contributed by atoms with Gasteiger partial charge >= 0.3 is 0 Å². The fourth-order valence-corrected chi connectivity index (χ4v) is 6.30. The first-order chi connectivity index (χ1) is 19.0. The van der Waals surface area contributed by atoms with Crippen LogP contribution in [0.25, 0.3) is 17.3 Å². The highest BCUT2D eigenvalue weighted by Crippen LogP contribution is 2.46. The van der Waals surface area contributed by atoms with Gasteiger partial charge in [0.25, 0.3) is 0 Å². The van der Waals surface area contributed by atoms with Crippen LogP contribution in [0.4, 0.5) is 16.5 Å². The monoisotopic (exact) mass is 533 g/mol. The van der Waals surface area contributed by atoms with E-state index in [0.717, 1.165) is 35.7 Å². The number of nitrogens with one attached hydrogen (secondary N) is 1. The molecule has 0 spiro atoms. The maximum atomic E-state index is 5.10. The highest BCUT2D eigenvalue weighted by atomic mass is 32.1. The molecule has 0 radical (unpaired) electrons. The van der Waals surface area contributed by atoms with Gasteiger partial charge in [0.1, 0.15) is 6.04 Å². The second-order valence-electron chi connectivity index (χ2n) is 10.7. The van der Waals surface area contributed by atoms with E-state index in [1.807, 2.05) is 6.07 Å². The van der Waals surface area contributed by atoms with Gasteiger partial charge in [0.2, 0.25) is 5.13 Å². The fourth-order valence-electron chi connectivity index (χ4n) is 5.48. The highest BCUT2D eigenvalue weighted by molar-refractivity contribution is 7.14. The largest absolute Gasteiger partial charge is 0.378 e. The van der Waals surface area contributed by atoms with Crippen LogP contribution >= 0.6 is 11.3 Å². The summed E-state index contributed by atoms with van der Waals surface area (Å²) < 4.78 is 0. The zero-order valence-electron chi connectivity index (χ0n) is 23.1. The number of hydrogen-bond acceptors (Lipinski definition) is 6. The first kappa shape index (κ1) is 25.3. The van der Waals surface area contributed by atoms with Crippen LogP contribution in [0.15, 0.2) is 101 Å². The van der Waals surface area contributed by atoms with Crippen LogP contribution in [0.3, 0.4) is 0 Å². The van der Waals surface area contributed by atoms with Crippen LogP contribution in [0.5, 0.6) is 0 Å². The fraction of sp³-hybridized carbons (Fsp3) is 0.242. The molecule has 4 aromatic rings. The van der Waals surface area contributed by atoms with E-state index in [1.165, 1.54) is 39.3 Å². The molecule has 1 aromatic heterocycles. The normalized spacial score (nSPS) is 17.8. The number of hydrazine groups is 1. The lowest BCUT2D eigenvalue weighted by atomic mass is 9.86. The summed E-state index contributed by atoms with van der Waals surface area (Å²) in [4.78, 5) is 9.39. The second kappa shape index (κ2) is 10.6. The average Bonchev–Trinajstić information content (AvgIpc) is 3.60. The van der Waals surface area contributed by atoms with E-state index in [4.69, 9.17) is 4.98 Å². The van der Waals surface area contributed by atoms with Gasteiger partial charge in [0.15, 0.2) is 0 Å². The molecular weight excluding hydrogens is 498 g/mol. The Morgan fingerprint density at radius 2 is 1.51 bits per heavy atom. The maximum absolute atomic E-state index is 5.10. The molecule has 2 heterocycles. The van der Waals surface area contributed by atoms with E-state index >= 15 is 0 Å². The zero-order chi connectivity index (χ0) is 26.9. The molecule has 39 heavy (non-hydrogen) atoms. The molecule has 1 aliphatic heterocycles. The van der Waals surface area contributed by atoms with Crippen LogP contribution in [-0.4, -0.2) is 33.2 Å². The molecule has 1 N–H and O–H groups in total. The van der Waals surface area contributed by atoms with Crippen molar-refractivity contribution in [3.05, 3.63) is 112 Å². The number of anilines is 3. The van der Waals surface area contributed by atoms with Gasteiger partial charge in [-0.1, -0.05) is 54.6 Å². The Balaban J connectivity index is 1.39. The third kappa shape index (κ3) is 5.04. The highest BCUT2D eigenvalue weighted by Gasteiger charge is 2.38. The molecule has 6 rings (SSSR count). The summed E-state index contributed by atoms with van der Waals surface area (Å²) in [7, 11) is 8.33. The smallest absolute Gasteiger partial charge is 0.205 e. The van der Waals surface area contributed by atoms with Crippen LogP contribution in [0.2, 0.25) is 0 Å². The number of hydrogen-bond donors (Lipinski definition) is 1. The van der Waals surface area contributed by atoms with Crippen molar-refractivity contribution in [1.29, 1.82) is 0 Å². The van der Waals surface area contributed by atoms with Crippen molar-refractivity contribution in [2.24, 2.45) is 0 Å². The molecule has 2 aliphatic rings. The van der Waals surface area contributed by atoms with Crippen molar-refractivity contribution in [3.8, 4) is 11.3 Å². The number of nitrogens with zero attached hydrogens (tertiary/aromatic N) is 4. The van der Waals surface area contributed by atoms with Crippen LogP contribution in [0, 0.1) is 0 Å². The molecule has 0 saturated carbocycles. The van der Waals surface area contributed by atoms with E-state index in [1.54, 1.807) is 11.3 Å². The number of allylic oxidation sites excluding steroid dienone is 1. The van der Waals surface area contributed by atoms with E-state index in [2.05, 4.69) is 133 Å². The average molecular weight is 534 g/mol. The molecule has 0 unspecified atom stereocenters. The summed E-state index contributed by atoms with van der Waals surface area (Å²) in [6, 6.07) is 28.3. The molecule has 198 valence electrons. The van der Waals surface area contributed by atoms with Crippen molar-refractivity contribution < 1.29 is 0 Å². The van der Waals surface area contributed by atoms with Crippen LogP contribution in [0.1, 0.15) is 36.4 Å². The van der Waals surface area contributed by atoms with Crippen molar-refractivity contribution in [3.63, 3.8) is 0 Å². The zero-order valence-corrected chi connectivity index (χ0v) is 23.9. The number of thiazole rings is 1. The lowest BCUT2D eigenvalue weighted by molar-refractivity contribution is 0.677. The van der Waals surface area contributed by atoms with Gasteiger partial charge in [0.05, 0.1) is 11.4 Å². The lowest BCUT2D eigenvalue weighted by Gasteiger charge is -2.27. The van der Waals surface area contributed by atoms with Gasteiger partial charge in [-0.05, 0) is 71.9 Å². The lowest BCUT2D eigenvalue weighted by Crippen LogP contribution is -2.34. The van der Waals surface area contributed by atoms with Gasteiger partial charge in [-0.25, -0.2) is 9.99 Å². The molecule has 0 fully saturated rings. The quantitative estimate of drug-likeness (QED) is 0.277. The summed E-state index contributed by atoms with van der Waals surface area (Å²) in [6.07, 6.45) is 5.64. The maximum Gasteiger partial charge on any atom is 0.205 e. The Morgan fingerprint density at radius 1 is 0.846 bits per heavy atom. The number of aromatic nitrogens is 1. The van der Waals surface area contributed by atoms with Crippen molar-refractivity contribution in [2.45, 2.75) is 25.3 Å². The van der Waals surface area contributed by atoms with Crippen molar-refractivity contribution in [2.75, 3.05) is 43.0 Å². The SMILES string of the molecule is CN(C)c1ccc(/C=C2/CCCC3=C2NN(c2nc(-c4ccccc4)cs2)[C@@H]3c2ccc(N(C)C)cc2)cc1. The Bertz CT molecular complexity index is 1500. The first-order valence-corrected chi connectivity index (χ1v) is 14.4. The molecule has 0 amide bonds.